The SMILES string of the molecule is COc1ccc(COC(=O)C2=C(c3ccccc3)C3C=CC2C3)cc1. The number of fused-ring (bicyclic) bond motifs is 2. The van der Waals surface area contributed by atoms with Crippen molar-refractivity contribution in [3.05, 3.63) is 83.4 Å². The van der Waals surface area contributed by atoms with Crippen molar-refractivity contribution in [3.63, 3.8) is 0 Å². The van der Waals surface area contributed by atoms with E-state index in [9.17, 15) is 4.79 Å². The van der Waals surface area contributed by atoms with Crippen molar-refractivity contribution in [1.29, 1.82) is 0 Å². The fraction of sp³-hybridized carbons (Fsp3) is 0.227. The second-order valence-electron chi connectivity index (χ2n) is 6.45. The number of benzene rings is 2. The lowest BCUT2D eigenvalue weighted by molar-refractivity contribution is -0.140. The monoisotopic (exact) mass is 332 g/mol. The molecular formula is C22H20O3. The second kappa shape index (κ2) is 6.60. The Hall–Kier alpha value is -2.81. The van der Waals surface area contributed by atoms with Gasteiger partial charge < -0.3 is 9.47 Å². The summed E-state index contributed by atoms with van der Waals surface area (Å²) in [5.74, 6) is 1.11. The summed E-state index contributed by atoms with van der Waals surface area (Å²) in [5.41, 5.74) is 4.03. The maximum atomic E-state index is 12.8. The predicted molar refractivity (Wildman–Crippen MR) is 96.9 cm³/mol. The molecule has 0 aliphatic heterocycles. The summed E-state index contributed by atoms with van der Waals surface area (Å²) in [6.45, 7) is 0.273. The van der Waals surface area contributed by atoms with Crippen LogP contribution in [0.1, 0.15) is 17.5 Å². The van der Waals surface area contributed by atoms with E-state index in [0.717, 1.165) is 34.4 Å². The summed E-state index contributed by atoms with van der Waals surface area (Å²) in [7, 11) is 1.63. The van der Waals surface area contributed by atoms with Gasteiger partial charge in [-0.1, -0.05) is 54.6 Å². The number of hydrogen-bond acceptors (Lipinski definition) is 3. The predicted octanol–water partition coefficient (Wildman–Crippen LogP) is 4.40. The van der Waals surface area contributed by atoms with Crippen LogP contribution in [0, 0.1) is 11.8 Å². The third-order valence-corrected chi connectivity index (χ3v) is 4.95. The van der Waals surface area contributed by atoms with Gasteiger partial charge in [-0.25, -0.2) is 4.79 Å². The molecule has 0 saturated carbocycles. The summed E-state index contributed by atoms with van der Waals surface area (Å²) in [4.78, 5) is 12.8. The van der Waals surface area contributed by atoms with Gasteiger partial charge in [0.15, 0.2) is 0 Å². The second-order valence-corrected chi connectivity index (χ2v) is 6.45. The molecule has 4 rings (SSSR count). The maximum Gasteiger partial charge on any atom is 0.335 e. The standard InChI is InChI=1S/C22H20O3/c1-24-19-11-7-15(8-12-19)14-25-22(23)21-18-10-9-17(13-18)20(21)16-5-3-2-4-6-16/h2-12,17-18H,13-14H2,1H3. The zero-order chi connectivity index (χ0) is 17.2. The first-order valence-electron chi connectivity index (χ1n) is 8.54. The highest BCUT2D eigenvalue weighted by molar-refractivity contribution is 6.01. The molecule has 0 heterocycles. The molecule has 3 heteroatoms. The zero-order valence-corrected chi connectivity index (χ0v) is 14.1. The van der Waals surface area contributed by atoms with Gasteiger partial charge in [0, 0.05) is 17.4 Å². The van der Waals surface area contributed by atoms with Crippen LogP contribution < -0.4 is 4.74 Å². The Bertz CT molecular complexity index is 831. The molecule has 0 N–H and O–H groups in total. The van der Waals surface area contributed by atoms with Gasteiger partial charge in [-0.05, 0) is 35.3 Å². The maximum absolute atomic E-state index is 12.8. The highest BCUT2D eigenvalue weighted by atomic mass is 16.5. The molecule has 2 aliphatic rings. The average molecular weight is 332 g/mol. The van der Waals surface area contributed by atoms with Gasteiger partial charge >= 0.3 is 5.97 Å². The number of rotatable bonds is 5. The molecule has 126 valence electrons. The lowest BCUT2D eigenvalue weighted by Gasteiger charge is -2.16. The average Bonchev–Trinajstić information content (AvgIpc) is 3.28. The lowest BCUT2D eigenvalue weighted by atomic mass is 9.91. The first-order valence-corrected chi connectivity index (χ1v) is 8.54. The molecule has 0 saturated heterocycles. The Morgan fingerprint density at radius 3 is 2.44 bits per heavy atom. The number of methoxy groups -OCH3 is 1. The van der Waals surface area contributed by atoms with E-state index in [2.05, 4.69) is 24.3 Å². The van der Waals surface area contributed by atoms with Crippen molar-refractivity contribution in [2.75, 3.05) is 7.11 Å². The highest BCUT2D eigenvalue weighted by Crippen LogP contribution is 2.48. The van der Waals surface area contributed by atoms with Crippen molar-refractivity contribution < 1.29 is 14.3 Å². The van der Waals surface area contributed by atoms with E-state index in [1.165, 1.54) is 0 Å². The largest absolute Gasteiger partial charge is 0.497 e. The summed E-state index contributed by atoms with van der Waals surface area (Å²) in [5, 5.41) is 0. The Morgan fingerprint density at radius 2 is 1.72 bits per heavy atom. The summed E-state index contributed by atoms with van der Waals surface area (Å²) >= 11 is 0. The fourth-order valence-corrected chi connectivity index (χ4v) is 3.72. The first-order chi connectivity index (χ1) is 12.3. The number of allylic oxidation sites excluding steroid dienone is 3. The molecule has 2 aromatic carbocycles. The molecule has 3 nitrogen and oxygen atoms in total. The molecule has 0 amide bonds. The van der Waals surface area contributed by atoms with Gasteiger partial charge in [0.25, 0.3) is 0 Å². The molecule has 25 heavy (non-hydrogen) atoms. The van der Waals surface area contributed by atoms with Crippen LogP contribution >= 0.6 is 0 Å². The van der Waals surface area contributed by atoms with E-state index in [0.29, 0.717) is 5.92 Å². The van der Waals surface area contributed by atoms with Crippen LogP contribution in [0.25, 0.3) is 5.57 Å². The number of esters is 1. The molecule has 2 aromatic rings. The molecule has 2 atom stereocenters. The minimum Gasteiger partial charge on any atom is -0.497 e. The third kappa shape index (κ3) is 2.98. The van der Waals surface area contributed by atoms with Crippen LogP contribution in [-0.2, 0) is 16.1 Å². The van der Waals surface area contributed by atoms with Crippen molar-refractivity contribution in [2.45, 2.75) is 13.0 Å². The van der Waals surface area contributed by atoms with Crippen LogP contribution in [0.4, 0.5) is 0 Å². The summed E-state index contributed by atoms with van der Waals surface area (Å²) in [6, 6.07) is 17.7. The molecular weight excluding hydrogens is 312 g/mol. The van der Waals surface area contributed by atoms with Gasteiger partial charge in [-0.2, -0.15) is 0 Å². The van der Waals surface area contributed by atoms with Crippen LogP contribution in [0.3, 0.4) is 0 Å². The van der Waals surface area contributed by atoms with Crippen molar-refractivity contribution in [1.82, 2.24) is 0 Å². The quantitative estimate of drug-likeness (QED) is 0.601. The number of ether oxygens (including phenoxy) is 2. The number of carbonyl (C=O) groups is 1. The topological polar surface area (TPSA) is 35.5 Å². The molecule has 0 spiro atoms. The first kappa shape index (κ1) is 15.7. The molecule has 0 radical (unpaired) electrons. The van der Waals surface area contributed by atoms with E-state index >= 15 is 0 Å². The molecule has 0 fully saturated rings. The van der Waals surface area contributed by atoms with Crippen LogP contribution in [0.15, 0.2) is 72.3 Å². The van der Waals surface area contributed by atoms with E-state index in [1.54, 1.807) is 7.11 Å². The Balaban J connectivity index is 1.54. The molecule has 2 aliphatic carbocycles. The van der Waals surface area contributed by atoms with Gasteiger partial charge in [0.2, 0.25) is 0 Å². The highest BCUT2D eigenvalue weighted by Gasteiger charge is 2.39. The normalized spacial score (nSPS) is 20.8. The van der Waals surface area contributed by atoms with Gasteiger partial charge in [-0.3, -0.25) is 0 Å². The minimum absolute atomic E-state index is 0.184. The fourth-order valence-electron chi connectivity index (χ4n) is 3.72. The molecule has 2 unspecified atom stereocenters. The molecule has 2 bridgehead atoms. The number of hydrogen-bond donors (Lipinski definition) is 0. The van der Waals surface area contributed by atoms with E-state index in [1.807, 2.05) is 42.5 Å². The van der Waals surface area contributed by atoms with Gasteiger partial charge in [0.05, 0.1) is 7.11 Å². The summed E-state index contributed by atoms with van der Waals surface area (Å²) < 4.78 is 10.8. The Labute approximate surface area is 147 Å². The third-order valence-electron chi connectivity index (χ3n) is 4.95. The van der Waals surface area contributed by atoms with Gasteiger partial charge in [-0.15, -0.1) is 0 Å². The van der Waals surface area contributed by atoms with Crippen molar-refractivity contribution >= 4 is 11.5 Å². The lowest BCUT2D eigenvalue weighted by Crippen LogP contribution is -2.13. The van der Waals surface area contributed by atoms with E-state index in [-0.39, 0.29) is 18.5 Å². The van der Waals surface area contributed by atoms with Crippen LogP contribution in [0.2, 0.25) is 0 Å². The minimum atomic E-state index is -0.202. The van der Waals surface area contributed by atoms with Gasteiger partial charge in [0.1, 0.15) is 12.4 Å². The van der Waals surface area contributed by atoms with Crippen LogP contribution in [0.5, 0.6) is 5.75 Å². The smallest absolute Gasteiger partial charge is 0.335 e. The zero-order valence-electron chi connectivity index (χ0n) is 14.1. The van der Waals surface area contributed by atoms with E-state index < -0.39 is 0 Å². The Kier molecular flexibility index (Phi) is 4.14. The summed E-state index contributed by atoms with van der Waals surface area (Å²) in [6.07, 6.45) is 5.34. The molecule has 0 aromatic heterocycles. The van der Waals surface area contributed by atoms with Crippen molar-refractivity contribution in [2.24, 2.45) is 11.8 Å². The van der Waals surface area contributed by atoms with Crippen LogP contribution in [-0.4, -0.2) is 13.1 Å². The number of carbonyl (C=O) groups excluding carboxylic acids is 1. The van der Waals surface area contributed by atoms with Crippen molar-refractivity contribution in [3.8, 4) is 5.75 Å². The Morgan fingerprint density at radius 1 is 1.00 bits per heavy atom. The van der Waals surface area contributed by atoms with E-state index in [4.69, 9.17) is 9.47 Å².